The van der Waals surface area contributed by atoms with Gasteiger partial charge in [0.1, 0.15) is 5.78 Å². The zero-order chi connectivity index (χ0) is 27.3. The Morgan fingerprint density at radius 1 is 0.944 bits per heavy atom. The molecule has 2 N–H and O–H groups in total. The van der Waals surface area contributed by atoms with Crippen molar-refractivity contribution in [2.24, 2.45) is 17.8 Å². The Labute approximate surface area is 206 Å². The zero-order valence-corrected chi connectivity index (χ0v) is 20.3. The number of nitrogens with one attached hydrogen (secondary N) is 1. The molecule has 0 aromatic rings. The van der Waals surface area contributed by atoms with Crippen LogP contribution in [0.4, 0.5) is 17.6 Å². The lowest BCUT2D eigenvalue weighted by molar-refractivity contribution is -0.161. The van der Waals surface area contributed by atoms with Crippen molar-refractivity contribution in [2.75, 3.05) is 46.1 Å². The lowest BCUT2D eigenvalue weighted by Gasteiger charge is -2.27. The molecule has 0 aliphatic carbocycles. The number of nitrogens with zero attached hydrogens (tertiary/aromatic N) is 1. The SMILES string of the molecule is CC(C)C[C@H](NC(=O)[C@H](COC(F)F)CC(=O)CN1CCOCC1)C(=O)C[C@@H](COC(F)F)C(=O)O. The van der Waals surface area contributed by atoms with E-state index in [0.29, 0.717) is 26.3 Å². The molecule has 1 fully saturated rings. The molecule has 36 heavy (non-hydrogen) atoms. The van der Waals surface area contributed by atoms with Gasteiger partial charge >= 0.3 is 19.2 Å². The Morgan fingerprint density at radius 3 is 2.00 bits per heavy atom. The molecule has 1 aliphatic rings. The molecule has 3 atom stereocenters. The second-order valence-electron chi connectivity index (χ2n) is 8.91. The van der Waals surface area contributed by atoms with Crippen LogP contribution in [-0.4, -0.2) is 98.8 Å². The van der Waals surface area contributed by atoms with Crippen molar-refractivity contribution >= 4 is 23.4 Å². The Morgan fingerprint density at radius 2 is 1.50 bits per heavy atom. The van der Waals surface area contributed by atoms with E-state index in [0.717, 1.165) is 0 Å². The van der Waals surface area contributed by atoms with Crippen LogP contribution in [0.1, 0.15) is 33.1 Å². The van der Waals surface area contributed by atoms with E-state index in [4.69, 9.17) is 4.74 Å². The number of alkyl halides is 4. The number of ketones is 2. The number of rotatable bonds is 18. The van der Waals surface area contributed by atoms with Crippen molar-refractivity contribution in [3.05, 3.63) is 0 Å². The third-order valence-electron chi connectivity index (χ3n) is 5.40. The summed E-state index contributed by atoms with van der Waals surface area (Å²) in [6, 6.07) is -1.23. The van der Waals surface area contributed by atoms with Gasteiger partial charge in [0, 0.05) is 25.9 Å². The van der Waals surface area contributed by atoms with Gasteiger partial charge in [-0.3, -0.25) is 24.1 Å². The minimum Gasteiger partial charge on any atom is -0.481 e. The molecule has 10 nitrogen and oxygen atoms in total. The predicted molar refractivity (Wildman–Crippen MR) is 116 cm³/mol. The number of carboxylic acids is 1. The zero-order valence-electron chi connectivity index (χ0n) is 20.3. The monoisotopic (exact) mass is 530 g/mol. The van der Waals surface area contributed by atoms with Gasteiger partial charge in [0.25, 0.3) is 0 Å². The van der Waals surface area contributed by atoms with Gasteiger partial charge in [-0.15, -0.1) is 0 Å². The Hall–Kier alpha value is -2.16. The first-order valence-electron chi connectivity index (χ1n) is 11.6. The van der Waals surface area contributed by atoms with E-state index >= 15 is 0 Å². The fraction of sp³-hybridized carbons (Fsp3) is 0.818. The van der Waals surface area contributed by atoms with Gasteiger partial charge < -0.3 is 24.6 Å². The number of ether oxygens (including phenoxy) is 3. The van der Waals surface area contributed by atoms with Crippen LogP contribution >= 0.6 is 0 Å². The van der Waals surface area contributed by atoms with E-state index < -0.39 is 80.6 Å². The second kappa shape index (κ2) is 16.6. The van der Waals surface area contributed by atoms with Crippen LogP contribution < -0.4 is 5.32 Å². The fourth-order valence-corrected chi connectivity index (χ4v) is 3.59. The number of carbonyl (C=O) groups excluding carboxylic acids is 3. The van der Waals surface area contributed by atoms with Crippen molar-refractivity contribution < 1.29 is 56.1 Å². The fourth-order valence-electron chi connectivity index (χ4n) is 3.59. The lowest BCUT2D eigenvalue weighted by atomic mass is 9.92. The third-order valence-corrected chi connectivity index (χ3v) is 5.40. The van der Waals surface area contributed by atoms with Crippen LogP contribution in [0.25, 0.3) is 0 Å². The van der Waals surface area contributed by atoms with E-state index in [1.165, 1.54) is 0 Å². The quantitative estimate of drug-likeness (QED) is 0.254. The summed E-state index contributed by atoms with van der Waals surface area (Å²) in [5.74, 6) is -6.62. The summed E-state index contributed by atoms with van der Waals surface area (Å²) in [6.07, 6.45) is -1.05. The molecule has 14 heteroatoms. The molecule has 0 aromatic heterocycles. The Kier molecular flexibility index (Phi) is 14.7. The van der Waals surface area contributed by atoms with Crippen LogP contribution in [0.15, 0.2) is 0 Å². The predicted octanol–water partition coefficient (Wildman–Crippen LogP) is 1.56. The summed E-state index contributed by atoms with van der Waals surface area (Å²) in [6.45, 7) is -2.79. The standard InChI is InChI=1S/C22H34F4N2O8/c1-13(2)7-17(18(30)9-15(20(32)33)12-36-22(25)26)27-19(31)14(11-35-21(23)24)8-16(29)10-28-3-5-34-6-4-28/h13-15,17,21-22H,3-12H2,1-2H3,(H,27,31)(H,32,33)/t14-,15-,17-/m0/s1. The minimum absolute atomic E-state index is 0.0133. The maximum absolute atomic E-state index is 12.9. The molecule has 0 radical (unpaired) electrons. The number of amides is 1. The number of Topliss-reactive ketones (excluding diaryl/α,β-unsaturated/α-hetero) is 2. The highest BCUT2D eigenvalue weighted by molar-refractivity contribution is 5.93. The number of hydrogen-bond donors (Lipinski definition) is 2. The third kappa shape index (κ3) is 13.2. The Balaban J connectivity index is 2.89. The number of aliphatic carboxylic acids is 1. The molecule has 1 rings (SSSR count). The van der Waals surface area contributed by atoms with E-state index in [9.17, 15) is 41.8 Å². The summed E-state index contributed by atoms with van der Waals surface area (Å²) >= 11 is 0. The topological polar surface area (TPSA) is 131 Å². The van der Waals surface area contributed by atoms with Gasteiger partial charge in [-0.25, -0.2) is 0 Å². The van der Waals surface area contributed by atoms with Gasteiger partial charge in [-0.05, 0) is 12.3 Å². The summed E-state index contributed by atoms with van der Waals surface area (Å²) in [7, 11) is 0. The van der Waals surface area contributed by atoms with Crippen molar-refractivity contribution in [3.63, 3.8) is 0 Å². The number of carboxylic acid groups (broad SMARTS) is 1. The van der Waals surface area contributed by atoms with E-state index in [-0.39, 0.29) is 18.9 Å². The summed E-state index contributed by atoms with van der Waals surface area (Å²) in [5.41, 5.74) is 0. The molecule has 0 aromatic carbocycles. The van der Waals surface area contributed by atoms with Gasteiger partial charge in [0.2, 0.25) is 5.91 Å². The second-order valence-corrected chi connectivity index (χ2v) is 8.91. The molecular formula is C22H34F4N2O8. The maximum atomic E-state index is 12.9. The van der Waals surface area contributed by atoms with Gasteiger partial charge in [0.05, 0.1) is 50.8 Å². The average Bonchev–Trinajstić information content (AvgIpc) is 2.78. The lowest BCUT2D eigenvalue weighted by Crippen LogP contribution is -2.47. The van der Waals surface area contributed by atoms with Gasteiger partial charge in [-0.1, -0.05) is 13.8 Å². The van der Waals surface area contributed by atoms with Crippen LogP contribution in [-0.2, 0) is 33.4 Å². The summed E-state index contributed by atoms with van der Waals surface area (Å²) in [4.78, 5) is 51.3. The number of hydrogen-bond acceptors (Lipinski definition) is 8. The molecule has 1 heterocycles. The largest absolute Gasteiger partial charge is 0.481 e. The van der Waals surface area contributed by atoms with Crippen LogP contribution in [0, 0.1) is 17.8 Å². The molecule has 0 spiro atoms. The number of carbonyl (C=O) groups is 4. The van der Waals surface area contributed by atoms with E-state index in [1.807, 2.05) is 0 Å². The van der Waals surface area contributed by atoms with E-state index in [1.54, 1.807) is 18.7 Å². The van der Waals surface area contributed by atoms with Crippen LogP contribution in [0.3, 0.4) is 0 Å². The molecule has 0 unspecified atom stereocenters. The highest BCUT2D eigenvalue weighted by Gasteiger charge is 2.32. The normalized spacial score (nSPS) is 17.2. The molecule has 1 amide bonds. The van der Waals surface area contributed by atoms with Crippen LogP contribution in [0.2, 0.25) is 0 Å². The van der Waals surface area contributed by atoms with Crippen molar-refractivity contribution in [1.29, 1.82) is 0 Å². The first-order chi connectivity index (χ1) is 16.9. The average molecular weight is 531 g/mol. The molecule has 0 saturated carbocycles. The molecular weight excluding hydrogens is 496 g/mol. The smallest absolute Gasteiger partial charge is 0.345 e. The number of morpholine rings is 1. The van der Waals surface area contributed by atoms with Crippen LogP contribution in [0.5, 0.6) is 0 Å². The van der Waals surface area contributed by atoms with Crippen molar-refractivity contribution in [1.82, 2.24) is 10.2 Å². The minimum atomic E-state index is -3.22. The highest BCUT2D eigenvalue weighted by atomic mass is 19.3. The first kappa shape index (κ1) is 31.9. The van der Waals surface area contributed by atoms with Crippen molar-refractivity contribution in [2.45, 2.75) is 52.4 Å². The number of halogens is 4. The highest BCUT2D eigenvalue weighted by Crippen LogP contribution is 2.16. The van der Waals surface area contributed by atoms with E-state index in [2.05, 4.69) is 14.8 Å². The molecule has 0 bridgehead atoms. The van der Waals surface area contributed by atoms with Crippen molar-refractivity contribution in [3.8, 4) is 0 Å². The molecule has 1 aliphatic heterocycles. The van der Waals surface area contributed by atoms with Gasteiger partial charge in [-0.2, -0.15) is 17.6 Å². The molecule has 1 saturated heterocycles. The summed E-state index contributed by atoms with van der Waals surface area (Å²) in [5, 5.41) is 11.6. The van der Waals surface area contributed by atoms with Gasteiger partial charge in [0.15, 0.2) is 5.78 Å². The maximum Gasteiger partial charge on any atom is 0.345 e. The first-order valence-corrected chi connectivity index (χ1v) is 11.6. The molecule has 208 valence electrons. The Bertz CT molecular complexity index is 720. The summed E-state index contributed by atoms with van der Waals surface area (Å²) < 4.78 is 63.4.